The molecular formula is C26H35ClN8O. The minimum absolute atomic E-state index is 0. The van der Waals surface area contributed by atoms with Gasteiger partial charge in [-0.3, -0.25) is 9.69 Å². The van der Waals surface area contributed by atoms with Crippen molar-refractivity contribution < 1.29 is 4.79 Å². The van der Waals surface area contributed by atoms with Gasteiger partial charge in [0.25, 0.3) is 5.91 Å². The zero-order valence-corrected chi connectivity index (χ0v) is 21.9. The van der Waals surface area contributed by atoms with Crippen LogP contribution in [0.3, 0.4) is 0 Å². The molecule has 5 heterocycles. The SMILES string of the molecule is CC(C)N1CCN(c2ccc(Nc3ncc4cc5n(c4n3)C3(CCCCC3)CNC5=O)nc2)CC1.Cl. The van der Waals surface area contributed by atoms with Crippen molar-refractivity contribution in [3.63, 3.8) is 0 Å². The molecule has 9 nitrogen and oxygen atoms in total. The topological polar surface area (TPSA) is 91.2 Å². The second-order valence-electron chi connectivity index (χ2n) is 10.4. The molecule has 192 valence electrons. The summed E-state index contributed by atoms with van der Waals surface area (Å²) in [6, 6.07) is 6.62. The van der Waals surface area contributed by atoms with Crippen molar-refractivity contribution in [2.45, 2.75) is 57.5 Å². The van der Waals surface area contributed by atoms with Gasteiger partial charge in [-0.2, -0.15) is 4.98 Å². The maximum absolute atomic E-state index is 12.7. The monoisotopic (exact) mass is 510 g/mol. The van der Waals surface area contributed by atoms with Crippen LogP contribution in [0.1, 0.15) is 56.4 Å². The van der Waals surface area contributed by atoms with E-state index in [1.807, 2.05) is 24.5 Å². The lowest BCUT2D eigenvalue weighted by atomic mass is 9.80. The number of hydrogen-bond donors (Lipinski definition) is 2. The van der Waals surface area contributed by atoms with Crippen LogP contribution >= 0.6 is 12.4 Å². The maximum atomic E-state index is 12.7. The van der Waals surface area contributed by atoms with Crippen LogP contribution in [-0.2, 0) is 5.54 Å². The molecule has 10 heteroatoms. The maximum Gasteiger partial charge on any atom is 0.268 e. The summed E-state index contributed by atoms with van der Waals surface area (Å²) >= 11 is 0. The van der Waals surface area contributed by atoms with Crippen molar-refractivity contribution in [1.29, 1.82) is 0 Å². The van der Waals surface area contributed by atoms with Crippen molar-refractivity contribution in [3.05, 3.63) is 36.3 Å². The molecule has 36 heavy (non-hydrogen) atoms. The summed E-state index contributed by atoms with van der Waals surface area (Å²) in [6.45, 7) is 9.36. The van der Waals surface area contributed by atoms with Crippen molar-refractivity contribution in [1.82, 2.24) is 29.7 Å². The van der Waals surface area contributed by atoms with Crippen LogP contribution in [0.5, 0.6) is 0 Å². The summed E-state index contributed by atoms with van der Waals surface area (Å²) in [6.07, 6.45) is 9.45. The number of aromatic nitrogens is 4. The Morgan fingerprint density at radius 2 is 1.81 bits per heavy atom. The van der Waals surface area contributed by atoms with Crippen LogP contribution in [0, 0.1) is 0 Å². The molecule has 2 fully saturated rings. The molecule has 1 saturated carbocycles. The summed E-state index contributed by atoms with van der Waals surface area (Å²) in [5, 5.41) is 7.29. The Labute approximate surface area is 218 Å². The van der Waals surface area contributed by atoms with E-state index in [-0.39, 0.29) is 23.9 Å². The number of piperazine rings is 1. The molecule has 0 aromatic carbocycles. The van der Waals surface area contributed by atoms with E-state index in [2.05, 4.69) is 54.9 Å². The number of nitrogens with zero attached hydrogens (tertiary/aromatic N) is 6. The fourth-order valence-corrected chi connectivity index (χ4v) is 5.98. The molecular weight excluding hydrogens is 476 g/mol. The van der Waals surface area contributed by atoms with E-state index >= 15 is 0 Å². The number of hydrogen-bond acceptors (Lipinski definition) is 7. The second kappa shape index (κ2) is 9.86. The lowest BCUT2D eigenvalue weighted by molar-refractivity contribution is 0.0833. The van der Waals surface area contributed by atoms with Crippen molar-refractivity contribution >= 4 is 46.8 Å². The van der Waals surface area contributed by atoms with Gasteiger partial charge in [0.1, 0.15) is 17.2 Å². The van der Waals surface area contributed by atoms with Crippen LogP contribution in [0.15, 0.2) is 30.6 Å². The molecule has 0 atom stereocenters. The predicted octanol–water partition coefficient (Wildman–Crippen LogP) is 3.92. The number of fused-ring (bicyclic) bond motifs is 4. The van der Waals surface area contributed by atoms with Gasteiger partial charge < -0.3 is 20.1 Å². The predicted molar refractivity (Wildman–Crippen MR) is 145 cm³/mol. The van der Waals surface area contributed by atoms with E-state index < -0.39 is 0 Å². The van der Waals surface area contributed by atoms with E-state index in [1.165, 1.54) is 19.3 Å². The van der Waals surface area contributed by atoms with Crippen molar-refractivity contribution in [2.75, 3.05) is 42.9 Å². The van der Waals surface area contributed by atoms with E-state index in [0.29, 0.717) is 30.0 Å². The zero-order valence-electron chi connectivity index (χ0n) is 21.0. The Morgan fingerprint density at radius 3 is 2.50 bits per heavy atom. The number of rotatable bonds is 4. The fraction of sp³-hybridized carbons (Fsp3) is 0.538. The number of carbonyl (C=O) groups is 1. The third-order valence-electron chi connectivity index (χ3n) is 8.01. The first-order valence-electron chi connectivity index (χ1n) is 12.9. The first kappa shape index (κ1) is 24.8. The highest BCUT2D eigenvalue weighted by molar-refractivity contribution is 5.99. The minimum atomic E-state index is -0.0889. The lowest BCUT2D eigenvalue weighted by Gasteiger charge is -2.42. The zero-order chi connectivity index (χ0) is 24.0. The van der Waals surface area contributed by atoms with Crippen molar-refractivity contribution in [2.24, 2.45) is 0 Å². The van der Waals surface area contributed by atoms with Crippen LogP contribution in [0.25, 0.3) is 11.0 Å². The third kappa shape index (κ3) is 4.39. The summed E-state index contributed by atoms with van der Waals surface area (Å²) in [5.41, 5.74) is 2.57. The molecule has 1 spiro atoms. The number of anilines is 3. The van der Waals surface area contributed by atoms with Gasteiger partial charge >= 0.3 is 0 Å². The molecule has 6 rings (SSSR count). The quantitative estimate of drug-likeness (QED) is 0.549. The number of halogens is 1. The Bertz CT molecular complexity index is 1230. The molecule has 2 N–H and O–H groups in total. The average Bonchev–Trinajstić information content (AvgIpc) is 3.28. The molecule has 3 aliphatic rings. The van der Waals surface area contributed by atoms with Gasteiger partial charge in [0.05, 0.1) is 17.4 Å². The highest BCUT2D eigenvalue weighted by atomic mass is 35.5. The van der Waals surface area contributed by atoms with Gasteiger partial charge in [-0.25, -0.2) is 9.97 Å². The Morgan fingerprint density at radius 1 is 1.03 bits per heavy atom. The fourth-order valence-electron chi connectivity index (χ4n) is 5.98. The first-order chi connectivity index (χ1) is 17.0. The Hall–Kier alpha value is -2.91. The van der Waals surface area contributed by atoms with Gasteiger partial charge in [-0.1, -0.05) is 19.3 Å². The number of nitrogens with one attached hydrogen (secondary N) is 2. The number of pyridine rings is 1. The summed E-state index contributed by atoms with van der Waals surface area (Å²) < 4.78 is 2.19. The van der Waals surface area contributed by atoms with Crippen LogP contribution in [-0.4, -0.2) is 69.1 Å². The summed E-state index contributed by atoms with van der Waals surface area (Å²) in [7, 11) is 0. The summed E-state index contributed by atoms with van der Waals surface area (Å²) in [4.78, 5) is 31.6. The minimum Gasteiger partial charge on any atom is -0.368 e. The van der Waals surface area contributed by atoms with E-state index in [0.717, 1.165) is 55.7 Å². The highest BCUT2D eigenvalue weighted by Crippen LogP contribution is 2.40. The molecule has 0 bridgehead atoms. The second-order valence-corrected chi connectivity index (χ2v) is 10.4. The van der Waals surface area contributed by atoms with Gasteiger partial charge in [-0.15, -0.1) is 12.4 Å². The molecule has 3 aromatic heterocycles. The van der Waals surface area contributed by atoms with E-state index in [1.54, 1.807) is 0 Å². The summed E-state index contributed by atoms with van der Waals surface area (Å²) in [5.74, 6) is 1.19. The van der Waals surface area contributed by atoms with Crippen LogP contribution in [0.2, 0.25) is 0 Å². The Kier molecular flexibility index (Phi) is 6.78. The van der Waals surface area contributed by atoms with Gasteiger partial charge in [0.2, 0.25) is 5.95 Å². The highest BCUT2D eigenvalue weighted by Gasteiger charge is 2.41. The smallest absolute Gasteiger partial charge is 0.268 e. The molecule has 1 amide bonds. The van der Waals surface area contributed by atoms with Gasteiger partial charge in [0, 0.05) is 50.3 Å². The van der Waals surface area contributed by atoms with Crippen LogP contribution < -0.4 is 15.5 Å². The van der Waals surface area contributed by atoms with Gasteiger partial charge in [-0.05, 0) is 44.9 Å². The molecule has 0 unspecified atom stereocenters. The molecule has 0 radical (unpaired) electrons. The molecule has 2 aliphatic heterocycles. The molecule has 1 aliphatic carbocycles. The first-order valence-corrected chi connectivity index (χ1v) is 12.9. The van der Waals surface area contributed by atoms with Crippen LogP contribution in [0.4, 0.5) is 17.5 Å². The normalized spacial score (nSPS) is 19.8. The molecule has 3 aromatic rings. The largest absolute Gasteiger partial charge is 0.368 e. The number of amides is 1. The van der Waals surface area contributed by atoms with E-state index in [9.17, 15) is 4.79 Å². The standard InChI is InChI=1S/C26H34N8O.ClH/c1-18(2)32-10-12-33(13-11-32)20-6-7-22(27-16-20)30-25-28-15-19-14-21-24(35)29-17-26(8-4-3-5-9-26)34(21)23(19)31-25;/h6-7,14-16,18H,3-5,8-13,17H2,1-2H3,(H,29,35)(H,27,28,30,31);1H. The number of carbonyl (C=O) groups excluding carboxylic acids is 1. The Balaban J connectivity index is 0.00000267. The average molecular weight is 511 g/mol. The van der Waals surface area contributed by atoms with Crippen molar-refractivity contribution in [3.8, 4) is 0 Å². The van der Waals surface area contributed by atoms with Gasteiger partial charge in [0.15, 0.2) is 0 Å². The lowest BCUT2D eigenvalue weighted by Crippen LogP contribution is -2.52. The molecule has 1 saturated heterocycles. The van der Waals surface area contributed by atoms with E-state index in [4.69, 9.17) is 4.98 Å². The third-order valence-corrected chi connectivity index (χ3v) is 8.01.